The Morgan fingerprint density at radius 1 is 0.871 bits per heavy atom. The largest absolute Gasteiger partial charge is 0.491 e. The van der Waals surface area contributed by atoms with E-state index < -0.39 is 5.91 Å². The maximum atomic E-state index is 13.6. The molecule has 1 heterocycles. The van der Waals surface area contributed by atoms with Crippen LogP contribution in [0.25, 0.3) is 5.57 Å². The van der Waals surface area contributed by atoms with Crippen LogP contribution in [0.3, 0.4) is 0 Å². The van der Waals surface area contributed by atoms with Gasteiger partial charge in [-0.05, 0) is 48.7 Å². The number of para-hydroxylation sites is 2. The Balaban J connectivity index is 1.80. The highest BCUT2D eigenvalue weighted by Gasteiger charge is 2.41. The molecule has 0 bridgehead atoms. The summed E-state index contributed by atoms with van der Waals surface area (Å²) in [5.41, 5.74) is 3.54. The lowest BCUT2D eigenvalue weighted by atomic mass is 10.0. The van der Waals surface area contributed by atoms with E-state index in [0.717, 1.165) is 17.7 Å². The number of benzene rings is 3. The number of carbonyl (C=O) groups excluding carboxylic acids is 2. The van der Waals surface area contributed by atoms with Crippen molar-refractivity contribution in [2.75, 3.05) is 16.8 Å². The van der Waals surface area contributed by atoms with Crippen LogP contribution in [0.2, 0.25) is 0 Å². The Morgan fingerprint density at radius 2 is 1.61 bits per heavy atom. The summed E-state index contributed by atoms with van der Waals surface area (Å²) in [6, 6.07) is 24.1. The third-order valence-corrected chi connectivity index (χ3v) is 5.00. The van der Waals surface area contributed by atoms with Crippen LogP contribution in [0, 0.1) is 6.92 Å². The van der Waals surface area contributed by atoms with Crippen molar-refractivity contribution in [3.8, 4) is 5.75 Å². The number of aryl methyl sites for hydroxylation is 1. The SMILES string of the molecule is CCCOc1ccccc1N1C(=O)C(Nc2cccc(C)c2)=C(c2ccccc2)C1=O. The first kappa shape index (κ1) is 20.4. The van der Waals surface area contributed by atoms with E-state index >= 15 is 0 Å². The van der Waals surface area contributed by atoms with Crippen LogP contribution in [-0.4, -0.2) is 18.4 Å². The van der Waals surface area contributed by atoms with E-state index in [0.29, 0.717) is 29.2 Å². The Kier molecular flexibility index (Phi) is 5.85. The third kappa shape index (κ3) is 4.08. The molecule has 3 aromatic carbocycles. The predicted molar refractivity (Wildman–Crippen MR) is 123 cm³/mol. The van der Waals surface area contributed by atoms with E-state index in [1.54, 1.807) is 18.2 Å². The Bertz CT molecular complexity index is 1150. The fraction of sp³-hybridized carbons (Fsp3) is 0.154. The Labute approximate surface area is 182 Å². The fourth-order valence-electron chi connectivity index (χ4n) is 3.58. The van der Waals surface area contributed by atoms with Gasteiger partial charge in [-0.1, -0.05) is 61.5 Å². The minimum Gasteiger partial charge on any atom is -0.491 e. The average Bonchev–Trinajstić information content (AvgIpc) is 3.02. The molecule has 0 aliphatic carbocycles. The first-order chi connectivity index (χ1) is 15.1. The average molecular weight is 412 g/mol. The summed E-state index contributed by atoms with van der Waals surface area (Å²) < 4.78 is 5.82. The number of rotatable bonds is 7. The predicted octanol–water partition coefficient (Wildman–Crippen LogP) is 5.18. The van der Waals surface area contributed by atoms with Crippen LogP contribution >= 0.6 is 0 Å². The van der Waals surface area contributed by atoms with Gasteiger partial charge in [-0.15, -0.1) is 0 Å². The van der Waals surface area contributed by atoms with E-state index in [2.05, 4.69) is 5.32 Å². The molecule has 0 fully saturated rings. The van der Waals surface area contributed by atoms with Crippen LogP contribution in [0.1, 0.15) is 24.5 Å². The highest BCUT2D eigenvalue weighted by Crippen LogP contribution is 2.37. The molecule has 31 heavy (non-hydrogen) atoms. The summed E-state index contributed by atoms with van der Waals surface area (Å²) in [7, 11) is 0. The van der Waals surface area contributed by atoms with Crippen LogP contribution in [0.5, 0.6) is 5.75 Å². The first-order valence-corrected chi connectivity index (χ1v) is 10.3. The van der Waals surface area contributed by atoms with Crippen molar-refractivity contribution >= 4 is 28.8 Å². The summed E-state index contributed by atoms with van der Waals surface area (Å²) in [6.07, 6.45) is 0.823. The van der Waals surface area contributed by atoms with E-state index in [9.17, 15) is 9.59 Å². The van der Waals surface area contributed by atoms with E-state index in [-0.39, 0.29) is 11.6 Å². The zero-order chi connectivity index (χ0) is 21.8. The molecule has 0 aromatic heterocycles. The van der Waals surface area contributed by atoms with Crippen molar-refractivity contribution in [3.05, 3.63) is 95.7 Å². The topological polar surface area (TPSA) is 58.6 Å². The minimum absolute atomic E-state index is 0.257. The third-order valence-electron chi connectivity index (χ3n) is 5.00. The molecule has 1 aliphatic heterocycles. The number of hydrogen-bond acceptors (Lipinski definition) is 4. The number of nitrogens with one attached hydrogen (secondary N) is 1. The molecule has 1 aliphatic rings. The highest BCUT2D eigenvalue weighted by molar-refractivity contribution is 6.46. The molecular formula is C26H24N2O3. The molecular weight excluding hydrogens is 388 g/mol. The maximum absolute atomic E-state index is 13.6. The number of carbonyl (C=O) groups is 2. The van der Waals surface area contributed by atoms with Gasteiger partial charge in [0.15, 0.2) is 0 Å². The number of imide groups is 1. The van der Waals surface area contributed by atoms with Crippen LogP contribution in [-0.2, 0) is 9.59 Å². The summed E-state index contributed by atoms with van der Waals surface area (Å²) >= 11 is 0. The Morgan fingerprint density at radius 3 is 2.35 bits per heavy atom. The van der Waals surface area contributed by atoms with E-state index in [1.165, 1.54) is 4.90 Å². The molecule has 0 saturated heterocycles. The van der Waals surface area contributed by atoms with Crippen LogP contribution in [0.4, 0.5) is 11.4 Å². The summed E-state index contributed by atoms with van der Waals surface area (Å²) in [4.78, 5) is 28.3. The van der Waals surface area contributed by atoms with Crippen molar-refractivity contribution in [2.24, 2.45) is 0 Å². The van der Waals surface area contributed by atoms with Gasteiger partial charge in [0.25, 0.3) is 11.8 Å². The number of amides is 2. The molecule has 5 heteroatoms. The lowest BCUT2D eigenvalue weighted by Gasteiger charge is -2.19. The first-order valence-electron chi connectivity index (χ1n) is 10.3. The van der Waals surface area contributed by atoms with Crippen LogP contribution < -0.4 is 15.0 Å². The molecule has 0 atom stereocenters. The van der Waals surface area contributed by atoms with Crippen molar-refractivity contribution in [2.45, 2.75) is 20.3 Å². The van der Waals surface area contributed by atoms with Crippen LogP contribution in [0.15, 0.2) is 84.6 Å². The van der Waals surface area contributed by atoms with Gasteiger partial charge in [-0.3, -0.25) is 9.59 Å². The minimum atomic E-state index is -0.405. The summed E-state index contributed by atoms with van der Waals surface area (Å²) in [5.74, 6) is -0.271. The monoisotopic (exact) mass is 412 g/mol. The van der Waals surface area contributed by atoms with Gasteiger partial charge in [0, 0.05) is 5.69 Å². The zero-order valence-electron chi connectivity index (χ0n) is 17.6. The van der Waals surface area contributed by atoms with Gasteiger partial charge in [-0.25, -0.2) is 4.90 Å². The van der Waals surface area contributed by atoms with Crippen molar-refractivity contribution < 1.29 is 14.3 Å². The number of anilines is 2. The lowest BCUT2D eigenvalue weighted by Crippen LogP contribution is -2.32. The van der Waals surface area contributed by atoms with Gasteiger partial charge in [0.2, 0.25) is 0 Å². The number of hydrogen-bond donors (Lipinski definition) is 1. The second-order valence-electron chi connectivity index (χ2n) is 7.37. The lowest BCUT2D eigenvalue weighted by molar-refractivity contribution is -0.120. The second kappa shape index (κ2) is 8.88. The van der Waals surface area contributed by atoms with Crippen molar-refractivity contribution in [1.29, 1.82) is 0 Å². The zero-order valence-corrected chi connectivity index (χ0v) is 17.6. The summed E-state index contributed by atoms with van der Waals surface area (Å²) in [5, 5.41) is 3.20. The number of nitrogens with zero attached hydrogens (tertiary/aromatic N) is 1. The molecule has 3 aromatic rings. The molecule has 4 rings (SSSR count). The molecule has 2 amide bonds. The van der Waals surface area contributed by atoms with Gasteiger partial charge >= 0.3 is 0 Å². The quantitative estimate of drug-likeness (QED) is 0.543. The van der Waals surface area contributed by atoms with Gasteiger partial charge in [0.1, 0.15) is 11.4 Å². The molecule has 0 saturated carbocycles. The fourth-order valence-corrected chi connectivity index (χ4v) is 3.58. The second-order valence-corrected chi connectivity index (χ2v) is 7.37. The van der Waals surface area contributed by atoms with Gasteiger partial charge < -0.3 is 10.1 Å². The van der Waals surface area contributed by atoms with Gasteiger partial charge in [0.05, 0.1) is 17.9 Å². The molecule has 5 nitrogen and oxygen atoms in total. The van der Waals surface area contributed by atoms with E-state index in [1.807, 2.05) is 74.5 Å². The van der Waals surface area contributed by atoms with E-state index in [4.69, 9.17) is 4.74 Å². The molecule has 156 valence electrons. The number of ether oxygens (including phenoxy) is 1. The standard InChI is InChI=1S/C26H24N2O3/c1-3-16-31-22-15-8-7-14-21(22)28-25(29)23(19-11-5-4-6-12-19)24(26(28)30)27-20-13-9-10-18(2)17-20/h4-15,17,27H,3,16H2,1-2H3. The molecule has 0 spiro atoms. The normalized spacial score (nSPS) is 13.7. The van der Waals surface area contributed by atoms with Gasteiger partial charge in [-0.2, -0.15) is 0 Å². The molecule has 0 radical (unpaired) electrons. The van der Waals surface area contributed by atoms with Crippen molar-refractivity contribution in [1.82, 2.24) is 0 Å². The smallest absolute Gasteiger partial charge is 0.282 e. The highest BCUT2D eigenvalue weighted by atomic mass is 16.5. The molecule has 1 N–H and O–H groups in total. The maximum Gasteiger partial charge on any atom is 0.282 e. The molecule has 0 unspecified atom stereocenters. The summed E-state index contributed by atoms with van der Waals surface area (Å²) in [6.45, 7) is 4.49. The van der Waals surface area contributed by atoms with Crippen molar-refractivity contribution in [3.63, 3.8) is 0 Å². The Hall–Kier alpha value is -3.86.